The van der Waals surface area contributed by atoms with Crippen molar-refractivity contribution in [2.24, 2.45) is 11.5 Å². The molecule has 0 radical (unpaired) electrons. The van der Waals surface area contributed by atoms with Crippen molar-refractivity contribution in [1.82, 2.24) is 0 Å². The topological polar surface area (TPSA) is 52.0 Å². The summed E-state index contributed by atoms with van der Waals surface area (Å²) in [6, 6.07) is 2.26. The van der Waals surface area contributed by atoms with Crippen molar-refractivity contribution in [2.75, 3.05) is 6.54 Å². The highest BCUT2D eigenvalue weighted by Crippen LogP contribution is 2.01. The summed E-state index contributed by atoms with van der Waals surface area (Å²) in [6.07, 6.45) is 0. The summed E-state index contributed by atoms with van der Waals surface area (Å²) >= 11 is 1.74. The Balaban J connectivity index is 0.000000187. The van der Waals surface area contributed by atoms with Crippen molar-refractivity contribution in [3.63, 3.8) is 0 Å². The molecule has 64 valence electrons. The molecule has 4 N–H and O–H groups in total. The van der Waals surface area contributed by atoms with E-state index in [1.165, 1.54) is 5.56 Å². The molecule has 1 unspecified atom stereocenters. The molecule has 0 aliphatic rings. The minimum absolute atomic E-state index is 0.162. The number of aryl methyl sites for hydroxylation is 1. The van der Waals surface area contributed by atoms with E-state index in [1.54, 1.807) is 11.3 Å². The van der Waals surface area contributed by atoms with E-state index < -0.39 is 0 Å². The highest BCUT2D eigenvalue weighted by atomic mass is 32.1. The maximum absolute atomic E-state index is 5.17. The van der Waals surface area contributed by atoms with Gasteiger partial charge in [-0.3, -0.25) is 0 Å². The van der Waals surface area contributed by atoms with Crippen LogP contribution in [0.1, 0.15) is 12.5 Å². The second-order valence-corrected chi connectivity index (χ2v) is 3.29. The van der Waals surface area contributed by atoms with Crippen LogP contribution in [0.15, 0.2) is 16.8 Å². The summed E-state index contributed by atoms with van der Waals surface area (Å²) in [7, 11) is 0. The number of hydrogen-bond donors (Lipinski definition) is 2. The standard InChI is InChI=1S/C5H6S.C3H10N2/c1-5-2-3-6-4-5;1-3(5)2-4/h2-4H,1H3;3H,2,4-5H2,1H3. The van der Waals surface area contributed by atoms with Crippen LogP contribution in [0.5, 0.6) is 0 Å². The SMILES string of the molecule is CC(N)CN.Cc1ccsc1. The summed E-state index contributed by atoms with van der Waals surface area (Å²) in [4.78, 5) is 0. The van der Waals surface area contributed by atoms with E-state index in [1.807, 2.05) is 6.92 Å². The second-order valence-electron chi connectivity index (χ2n) is 2.51. The third-order valence-corrected chi connectivity index (χ3v) is 1.84. The Morgan fingerprint density at radius 1 is 1.64 bits per heavy atom. The Morgan fingerprint density at radius 2 is 2.18 bits per heavy atom. The Hall–Kier alpha value is -0.380. The summed E-state index contributed by atoms with van der Waals surface area (Å²) < 4.78 is 0. The molecule has 0 saturated heterocycles. The molecule has 1 aromatic rings. The smallest absolute Gasteiger partial charge is 0.0134 e. The Labute approximate surface area is 72.2 Å². The number of hydrogen-bond acceptors (Lipinski definition) is 3. The van der Waals surface area contributed by atoms with Gasteiger partial charge in [0.1, 0.15) is 0 Å². The molecule has 1 rings (SSSR count). The molecule has 0 spiro atoms. The lowest BCUT2D eigenvalue weighted by atomic mass is 10.4. The fourth-order valence-electron chi connectivity index (χ4n) is 0.333. The zero-order valence-electron chi connectivity index (χ0n) is 7.08. The summed E-state index contributed by atoms with van der Waals surface area (Å²) in [5.74, 6) is 0. The molecule has 0 fully saturated rings. The molecular weight excluding hydrogens is 156 g/mol. The van der Waals surface area contributed by atoms with Gasteiger partial charge >= 0.3 is 0 Å². The molecule has 0 aliphatic heterocycles. The van der Waals surface area contributed by atoms with Crippen molar-refractivity contribution in [2.45, 2.75) is 19.9 Å². The highest BCUT2D eigenvalue weighted by molar-refractivity contribution is 7.07. The first-order valence-corrected chi connectivity index (χ1v) is 4.55. The average Bonchev–Trinajstić information content (AvgIpc) is 2.41. The second kappa shape index (κ2) is 6.34. The normalized spacial score (nSPS) is 11.6. The van der Waals surface area contributed by atoms with Gasteiger partial charge in [0, 0.05) is 12.6 Å². The lowest BCUT2D eigenvalue weighted by Gasteiger charge is -1.92. The molecule has 1 heterocycles. The fourth-order valence-corrected chi connectivity index (χ4v) is 0.998. The van der Waals surface area contributed by atoms with Gasteiger partial charge in [-0.05, 0) is 36.2 Å². The fraction of sp³-hybridized carbons (Fsp3) is 0.500. The largest absolute Gasteiger partial charge is 0.329 e. The molecule has 1 aromatic heterocycles. The van der Waals surface area contributed by atoms with Crippen LogP contribution in [0.2, 0.25) is 0 Å². The van der Waals surface area contributed by atoms with E-state index in [0.29, 0.717) is 6.54 Å². The van der Waals surface area contributed by atoms with E-state index in [9.17, 15) is 0 Å². The summed E-state index contributed by atoms with van der Waals surface area (Å²) in [5, 5.41) is 4.20. The van der Waals surface area contributed by atoms with Crippen LogP contribution in [-0.2, 0) is 0 Å². The summed E-state index contributed by atoms with van der Waals surface area (Å²) in [6.45, 7) is 4.55. The molecule has 0 bridgehead atoms. The maximum Gasteiger partial charge on any atom is 0.0134 e. The number of nitrogens with two attached hydrogens (primary N) is 2. The van der Waals surface area contributed by atoms with Gasteiger partial charge in [-0.1, -0.05) is 0 Å². The van der Waals surface area contributed by atoms with E-state index in [2.05, 4.69) is 23.8 Å². The van der Waals surface area contributed by atoms with Gasteiger partial charge in [-0.25, -0.2) is 0 Å². The van der Waals surface area contributed by atoms with Gasteiger partial charge in [-0.15, -0.1) is 0 Å². The Kier molecular flexibility index (Phi) is 6.12. The predicted octanol–water partition coefficient (Wildman–Crippen LogP) is 1.35. The van der Waals surface area contributed by atoms with E-state index >= 15 is 0 Å². The van der Waals surface area contributed by atoms with Crippen molar-refractivity contribution in [3.05, 3.63) is 22.4 Å². The van der Waals surface area contributed by atoms with Crippen molar-refractivity contribution < 1.29 is 0 Å². The van der Waals surface area contributed by atoms with Gasteiger partial charge in [0.15, 0.2) is 0 Å². The zero-order valence-corrected chi connectivity index (χ0v) is 7.90. The van der Waals surface area contributed by atoms with Crippen LogP contribution in [0.3, 0.4) is 0 Å². The first-order chi connectivity index (χ1) is 5.16. The van der Waals surface area contributed by atoms with Crippen LogP contribution in [0.25, 0.3) is 0 Å². The maximum atomic E-state index is 5.17. The molecule has 0 saturated carbocycles. The predicted molar refractivity (Wildman–Crippen MR) is 51.8 cm³/mol. The molecule has 0 aliphatic carbocycles. The molecule has 0 aromatic carbocycles. The van der Waals surface area contributed by atoms with E-state index in [-0.39, 0.29) is 6.04 Å². The molecule has 3 heteroatoms. The molecule has 11 heavy (non-hydrogen) atoms. The molecular formula is C8H16N2S. The van der Waals surface area contributed by atoms with Crippen molar-refractivity contribution in [3.8, 4) is 0 Å². The van der Waals surface area contributed by atoms with Gasteiger partial charge in [-0.2, -0.15) is 11.3 Å². The van der Waals surface area contributed by atoms with Crippen LogP contribution >= 0.6 is 11.3 Å². The lowest BCUT2D eigenvalue weighted by Crippen LogP contribution is -2.25. The third-order valence-electron chi connectivity index (χ3n) is 1.04. The minimum Gasteiger partial charge on any atom is -0.329 e. The average molecular weight is 172 g/mol. The van der Waals surface area contributed by atoms with Gasteiger partial charge < -0.3 is 11.5 Å². The Morgan fingerprint density at radius 3 is 2.27 bits per heavy atom. The number of thiophene rings is 1. The van der Waals surface area contributed by atoms with Crippen molar-refractivity contribution in [1.29, 1.82) is 0 Å². The van der Waals surface area contributed by atoms with Crippen LogP contribution in [0.4, 0.5) is 0 Å². The van der Waals surface area contributed by atoms with Gasteiger partial charge in [0.25, 0.3) is 0 Å². The molecule has 1 atom stereocenters. The monoisotopic (exact) mass is 172 g/mol. The molecule has 0 amide bonds. The van der Waals surface area contributed by atoms with Crippen molar-refractivity contribution >= 4 is 11.3 Å². The zero-order chi connectivity index (χ0) is 8.69. The third kappa shape index (κ3) is 7.52. The Bertz CT molecular complexity index is 159. The van der Waals surface area contributed by atoms with Crippen LogP contribution in [0, 0.1) is 6.92 Å². The first kappa shape index (κ1) is 10.6. The van der Waals surface area contributed by atoms with Gasteiger partial charge in [0.2, 0.25) is 0 Å². The quantitative estimate of drug-likeness (QED) is 0.672. The lowest BCUT2D eigenvalue weighted by molar-refractivity contribution is 0.752. The highest BCUT2D eigenvalue weighted by Gasteiger charge is 1.79. The molecule has 2 nitrogen and oxygen atoms in total. The van der Waals surface area contributed by atoms with Crippen LogP contribution < -0.4 is 11.5 Å². The summed E-state index contributed by atoms with van der Waals surface area (Å²) in [5.41, 5.74) is 11.6. The number of rotatable bonds is 1. The van der Waals surface area contributed by atoms with E-state index in [0.717, 1.165) is 0 Å². The van der Waals surface area contributed by atoms with Crippen LogP contribution in [-0.4, -0.2) is 12.6 Å². The van der Waals surface area contributed by atoms with Gasteiger partial charge in [0.05, 0.1) is 0 Å². The first-order valence-electron chi connectivity index (χ1n) is 3.61. The van der Waals surface area contributed by atoms with E-state index in [4.69, 9.17) is 11.5 Å². The minimum atomic E-state index is 0.162.